The van der Waals surface area contributed by atoms with Crippen LogP contribution in [0.25, 0.3) is 33.1 Å². The maximum Gasteiger partial charge on any atom is 0.340 e. The molecule has 0 saturated carbocycles. The molecule has 0 radical (unpaired) electrons. The molecular formula is C41H26O25. The summed E-state index contributed by atoms with van der Waals surface area (Å²) in [5.74, 6) is -23.6. The van der Waals surface area contributed by atoms with Crippen LogP contribution in [0, 0.1) is 0 Å². The lowest BCUT2D eigenvalue weighted by Crippen LogP contribution is -2.63. The molecule has 66 heavy (non-hydrogen) atoms. The minimum atomic E-state index is -2.46. The molecule has 5 aromatic carbocycles. The maximum absolute atomic E-state index is 14.6. The van der Waals surface area contributed by atoms with Gasteiger partial charge in [-0.25, -0.2) is 24.0 Å². The van der Waals surface area contributed by atoms with Crippen molar-refractivity contribution in [1.82, 2.24) is 0 Å². The standard InChI is InChI=1S/C41H26O25/c42-13-1-8(2-14(43)24(13)48)36(55)66-41-35-34-31(63-39(58)11-5-17(46)27(51)32-22(11)23-12(40(59)65-35)6-18(47)28(52)33(23)62-32)19(61-41)7-60-37(56)9-3-15(44)25(49)29(53)20(9)21-10(38(57)64-34)4-16(45)26(50)30(21)54/h1-6,19,31,34-35,41-54H,7H2/t19-,31-,34+,35-,41-/m1/s1. The minimum Gasteiger partial charge on any atom is -0.504 e. The number of benzene rings is 5. The maximum atomic E-state index is 14.6. The van der Waals surface area contributed by atoms with Gasteiger partial charge in [-0.3, -0.25) is 0 Å². The van der Waals surface area contributed by atoms with Crippen molar-refractivity contribution in [2.75, 3.05) is 6.61 Å². The summed E-state index contributed by atoms with van der Waals surface area (Å²) in [4.78, 5) is 71.2. The smallest absolute Gasteiger partial charge is 0.340 e. The molecule has 13 N–H and O–H groups in total. The Morgan fingerprint density at radius 3 is 1.39 bits per heavy atom. The fraction of sp³-hybridized carbons (Fsp3) is 0.146. The van der Waals surface area contributed by atoms with E-state index in [0.29, 0.717) is 36.4 Å². The molecule has 4 bridgehead atoms. The average molecular weight is 919 g/mol. The normalized spacial score (nSPS) is 20.4. The molecule has 9 rings (SSSR count). The number of cyclic esters (lactones) is 1. The summed E-state index contributed by atoms with van der Waals surface area (Å²) in [6.45, 7) is -1.21. The number of hydrogen-bond acceptors (Lipinski definition) is 25. The third kappa shape index (κ3) is 6.16. The summed E-state index contributed by atoms with van der Waals surface area (Å²) in [6.07, 6.45) is -11.7. The quantitative estimate of drug-likeness (QED) is 0.0674. The van der Waals surface area contributed by atoms with E-state index in [1.807, 2.05) is 0 Å². The molecule has 25 nitrogen and oxygen atoms in total. The van der Waals surface area contributed by atoms with Crippen LogP contribution in [-0.4, -0.2) is 134 Å². The van der Waals surface area contributed by atoms with E-state index >= 15 is 0 Å². The second kappa shape index (κ2) is 14.6. The fourth-order valence-electron chi connectivity index (χ4n) is 7.71. The lowest BCUT2D eigenvalue weighted by Gasteiger charge is -2.44. The van der Waals surface area contributed by atoms with E-state index in [4.69, 9.17) is 32.8 Å². The highest BCUT2D eigenvalue weighted by molar-refractivity contribution is 6.23. The van der Waals surface area contributed by atoms with Gasteiger partial charge in [-0.05, 0) is 36.4 Å². The predicted molar refractivity (Wildman–Crippen MR) is 206 cm³/mol. The van der Waals surface area contributed by atoms with Crippen molar-refractivity contribution in [3.05, 3.63) is 64.2 Å². The number of fused-ring (bicyclic) bond motifs is 3. The SMILES string of the molecule is O=C(O[C@H]1O[C@@H]2COC(=O)c3cc(O)c(O)c(O)c3-c3c(cc(O)c(O)c3O)C(=O)O[C@@H]3[C@H]1OC(=O)c1cc(O)c(O)c4oc5c(O)c(O)cc(c5c14)C(=O)O[C@@H]32)c1cc(O)c(O)c(O)c1. The van der Waals surface area contributed by atoms with Gasteiger partial charge in [0.25, 0.3) is 0 Å². The highest BCUT2D eigenvalue weighted by atomic mass is 16.7. The number of rotatable bonds is 2. The summed E-state index contributed by atoms with van der Waals surface area (Å²) < 4.78 is 39.7. The molecule has 6 aromatic rings. The second-order valence-electron chi connectivity index (χ2n) is 14.6. The average Bonchev–Trinajstić information content (AvgIpc) is 3.67. The molecule has 1 saturated heterocycles. The summed E-state index contributed by atoms with van der Waals surface area (Å²) in [5, 5.41) is 136. The number of phenols is 13. The van der Waals surface area contributed by atoms with Crippen molar-refractivity contribution in [3.63, 3.8) is 0 Å². The van der Waals surface area contributed by atoms with Crippen LogP contribution in [0.5, 0.6) is 74.7 Å². The third-order valence-corrected chi connectivity index (χ3v) is 10.8. The minimum absolute atomic E-state index is 0.414. The van der Waals surface area contributed by atoms with Crippen LogP contribution in [0.4, 0.5) is 0 Å². The highest BCUT2D eigenvalue weighted by Gasteiger charge is 2.56. The summed E-state index contributed by atoms with van der Waals surface area (Å²) in [6, 6.07) is 3.32. The van der Waals surface area contributed by atoms with Gasteiger partial charge in [-0.1, -0.05) is 0 Å². The molecule has 0 aliphatic carbocycles. The van der Waals surface area contributed by atoms with Crippen LogP contribution in [0.3, 0.4) is 0 Å². The molecule has 0 unspecified atom stereocenters. The summed E-state index contributed by atoms with van der Waals surface area (Å²) in [7, 11) is 0. The Kier molecular flexibility index (Phi) is 9.27. The van der Waals surface area contributed by atoms with Crippen LogP contribution in [-0.2, 0) is 28.4 Å². The molecule has 25 heteroatoms. The molecule has 0 spiro atoms. The summed E-state index contributed by atoms with van der Waals surface area (Å²) >= 11 is 0. The molecule has 340 valence electrons. The molecule has 1 fully saturated rings. The number of phenolic OH excluding ortho intramolecular Hbond substituents is 13. The van der Waals surface area contributed by atoms with Gasteiger partial charge in [0.05, 0.1) is 27.8 Å². The first-order chi connectivity index (χ1) is 31.2. The Balaban J connectivity index is 1.30. The molecule has 3 aliphatic rings. The Hall–Kier alpha value is -9.39. The largest absolute Gasteiger partial charge is 0.504 e. The van der Waals surface area contributed by atoms with Gasteiger partial charge < -0.3 is 99.2 Å². The van der Waals surface area contributed by atoms with Crippen molar-refractivity contribution in [3.8, 4) is 85.9 Å². The number of carbonyl (C=O) groups is 5. The van der Waals surface area contributed by atoms with Crippen molar-refractivity contribution in [1.29, 1.82) is 0 Å². The molecule has 4 heterocycles. The van der Waals surface area contributed by atoms with Gasteiger partial charge in [-0.2, -0.15) is 0 Å². The number of esters is 5. The predicted octanol–water partition coefficient (Wildman–Crippen LogP) is 2.47. The Morgan fingerprint density at radius 1 is 0.470 bits per heavy atom. The van der Waals surface area contributed by atoms with Crippen LogP contribution in [0.1, 0.15) is 51.8 Å². The monoisotopic (exact) mass is 918 g/mol. The highest BCUT2D eigenvalue weighted by Crippen LogP contribution is 2.54. The topological polar surface area (TPSA) is 417 Å². The number of furan rings is 1. The van der Waals surface area contributed by atoms with Crippen molar-refractivity contribution >= 4 is 51.8 Å². The van der Waals surface area contributed by atoms with Crippen molar-refractivity contribution in [2.24, 2.45) is 0 Å². The Labute approximate surface area is 362 Å². The Morgan fingerprint density at radius 2 is 0.879 bits per heavy atom. The van der Waals surface area contributed by atoms with Gasteiger partial charge in [-0.15, -0.1) is 0 Å². The van der Waals surface area contributed by atoms with E-state index in [2.05, 4.69) is 0 Å². The van der Waals surface area contributed by atoms with E-state index < -0.39 is 203 Å². The molecule has 5 atom stereocenters. The molecule has 0 amide bonds. The number of ether oxygens (including phenoxy) is 6. The van der Waals surface area contributed by atoms with E-state index in [-0.39, 0.29) is 0 Å². The first kappa shape index (κ1) is 41.9. The first-order valence-corrected chi connectivity index (χ1v) is 18.5. The van der Waals surface area contributed by atoms with Crippen molar-refractivity contribution < 1.29 is 123 Å². The fourth-order valence-corrected chi connectivity index (χ4v) is 7.71. The second-order valence-corrected chi connectivity index (χ2v) is 14.6. The van der Waals surface area contributed by atoms with Gasteiger partial charge in [0.15, 0.2) is 75.1 Å². The lowest BCUT2D eigenvalue weighted by molar-refractivity contribution is -0.282. The first-order valence-electron chi connectivity index (χ1n) is 18.5. The number of hydrogen-bond donors (Lipinski definition) is 13. The lowest BCUT2D eigenvalue weighted by atomic mass is 9.91. The zero-order valence-corrected chi connectivity index (χ0v) is 32.3. The van der Waals surface area contributed by atoms with E-state index in [9.17, 15) is 90.4 Å². The van der Waals surface area contributed by atoms with Gasteiger partial charge in [0.2, 0.25) is 35.4 Å². The molecule has 3 aliphatic heterocycles. The van der Waals surface area contributed by atoms with Crippen LogP contribution in [0.15, 0.2) is 40.8 Å². The van der Waals surface area contributed by atoms with Crippen molar-refractivity contribution in [2.45, 2.75) is 30.7 Å². The molecule has 1 aromatic heterocycles. The van der Waals surface area contributed by atoms with Gasteiger partial charge in [0, 0.05) is 21.9 Å². The Bertz CT molecular complexity index is 3180. The van der Waals surface area contributed by atoms with E-state index in [1.165, 1.54) is 0 Å². The summed E-state index contributed by atoms with van der Waals surface area (Å²) in [5.41, 5.74) is -8.06. The van der Waals surface area contributed by atoms with E-state index in [0.717, 1.165) is 0 Å². The van der Waals surface area contributed by atoms with Crippen LogP contribution >= 0.6 is 0 Å². The number of carbonyl (C=O) groups excluding carboxylic acids is 5. The zero-order chi connectivity index (χ0) is 47.5. The number of aromatic hydroxyl groups is 13. The zero-order valence-electron chi connectivity index (χ0n) is 32.3. The molecular weight excluding hydrogens is 892 g/mol. The van der Waals surface area contributed by atoms with Crippen LogP contribution in [0.2, 0.25) is 0 Å². The van der Waals surface area contributed by atoms with Crippen LogP contribution < -0.4 is 0 Å². The third-order valence-electron chi connectivity index (χ3n) is 10.8. The van der Waals surface area contributed by atoms with Gasteiger partial charge in [0.1, 0.15) is 12.7 Å². The van der Waals surface area contributed by atoms with Gasteiger partial charge >= 0.3 is 29.8 Å². The van der Waals surface area contributed by atoms with E-state index in [1.54, 1.807) is 0 Å².